The van der Waals surface area contributed by atoms with Gasteiger partial charge < -0.3 is 20.3 Å². The maximum atomic E-state index is 9.77. The number of nitrogens with zero attached hydrogens (tertiary/aromatic N) is 4. The van der Waals surface area contributed by atoms with E-state index in [1.54, 1.807) is 17.9 Å². The van der Waals surface area contributed by atoms with Crippen molar-refractivity contribution in [1.29, 1.82) is 0 Å². The molecule has 2 aromatic heterocycles. The number of rotatable bonds is 3. The van der Waals surface area contributed by atoms with Gasteiger partial charge in [0.25, 0.3) is 0 Å². The third-order valence-electron chi connectivity index (χ3n) is 3.29. The van der Waals surface area contributed by atoms with Gasteiger partial charge in [-0.1, -0.05) is 0 Å². The van der Waals surface area contributed by atoms with E-state index in [9.17, 15) is 5.11 Å². The minimum absolute atomic E-state index is 0.207. The van der Waals surface area contributed by atoms with Crippen molar-refractivity contribution < 1.29 is 14.9 Å². The van der Waals surface area contributed by atoms with Gasteiger partial charge in [0.15, 0.2) is 11.5 Å². The van der Waals surface area contributed by atoms with E-state index in [1.165, 1.54) is 6.33 Å². The number of aliphatic hydroxyl groups excluding tert-OH is 2. The molecular weight excluding hydrogens is 250 g/mol. The van der Waals surface area contributed by atoms with Crippen LogP contribution in [0, 0.1) is 0 Å². The van der Waals surface area contributed by atoms with E-state index >= 15 is 0 Å². The predicted octanol–water partition coefficient (Wildman–Crippen LogP) is -0.491. The highest BCUT2D eigenvalue weighted by Crippen LogP contribution is 2.31. The smallest absolute Gasteiger partial charge is 0.167 e. The lowest BCUT2D eigenvalue weighted by atomic mass is 10.2. The monoisotopic (exact) mass is 265 g/mol. The normalized spacial score (nSPS) is 27.0. The summed E-state index contributed by atoms with van der Waals surface area (Å²) in [5.74, 6) is 0.640. The van der Waals surface area contributed by atoms with Gasteiger partial charge in [0.05, 0.1) is 19.0 Å². The summed E-state index contributed by atoms with van der Waals surface area (Å²) < 4.78 is 7.34. The Balaban J connectivity index is 1.98. The number of hydrogen-bond donors (Lipinski definition) is 3. The maximum absolute atomic E-state index is 9.77. The van der Waals surface area contributed by atoms with Crippen molar-refractivity contribution in [3.05, 3.63) is 12.7 Å². The van der Waals surface area contributed by atoms with Crippen LogP contribution in [-0.2, 0) is 4.74 Å². The molecule has 1 aliphatic rings. The van der Waals surface area contributed by atoms with Crippen molar-refractivity contribution in [3.63, 3.8) is 0 Å². The fraction of sp³-hybridized carbons (Fsp3) is 0.545. The molecule has 0 aliphatic carbocycles. The quantitative estimate of drug-likeness (QED) is 0.687. The zero-order chi connectivity index (χ0) is 13.4. The molecule has 1 aliphatic heterocycles. The Morgan fingerprint density at radius 3 is 3.00 bits per heavy atom. The van der Waals surface area contributed by atoms with Gasteiger partial charge >= 0.3 is 0 Å². The third kappa shape index (κ3) is 1.93. The van der Waals surface area contributed by atoms with E-state index in [0.717, 1.165) is 0 Å². The lowest BCUT2D eigenvalue weighted by Gasteiger charge is -2.13. The van der Waals surface area contributed by atoms with Gasteiger partial charge in [-0.15, -0.1) is 0 Å². The highest BCUT2D eigenvalue weighted by Gasteiger charge is 2.35. The molecule has 102 valence electrons. The van der Waals surface area contributed by atoms with E-state index in [0.29, 0.717) is 23.4 Å². The van der Waals surface area contributed by atoms with Gasteiger partial charge in [-0.25, -0.2) is 15.0 Å². The van der Waals surface area contributed by atoms with E-state index < -0.39 is 12.2 Å². The van der Waals surface area contributed by atoms with Gasteiger partial charge in [-0.2, -0.15) is 0 Å². The number of aromatic nitrogens is 4. The topological polar surface area (TPSA) is 105 Å². The summed E-state index contributed by atoms with van der Waals surface area (Å²) in [6, 6.07) is 0. The third-order valence-corrected chi connectivity index (χ3v) is 3.29. The molecule has 8 nitrogen and oxygen atoms in total. The van der Waals surface area contributed by atoms with Crippen molar-refractivity contribution in [2.24, 2.45) is 0 Å². The van der Waals surface area contributed by atoms with Crippen LogP contribution < -0.4 is 5.32 Å². The van der Waals surface area contributed by atoms with Crippen LogP contribution in [-0.4, -0.2) is 55.6 Å². The SMILES string of the molecule is CNc1ncnc2c1ncn2[C@H]1C[C@@H](O)C(CO)O1. The number of imidazole rings is 1. The van der Waals surface area contributed by atoms with Crippen molar-refractivity contribution in [2.75, 3.05) is 19.0 Å². The molecule has 1 unspecified atom stereocenters. The summed E-state index contributed by atoms with van der Waals surface area (Å²) in [5.41, 5.74) is 1.28. The zero-order valence-electron chi connectivity index (χ0n) is 10.4. The Morgan fingerprint density at radius 1 is 1.47 bits per heavy atom. The molecular formula is C11H15N5O3. The number of fused-ring (bicyclic) bond motifs is 1. The van der Waals surface area contributed by atoms with Crippen molar-refractivity contribution in [2.45, 2.75) is 24.9 Å². The molecule has 2 aromatic rings. The summed E-state index contributed by atoms with van der Waals surface area (Å²) in [6.07, 6.45) is 1.83. The van der Waals surface area contributed by atoms with Crippen LogP contribution in [0.15, 0.2) is 12.7 Å². The van der Waals surface area contributed by atoms with Crippen molar-refractivity contribution >= 4 is 17.0 Å². The van der Waals surface area contributed by atoms with Crippen LogP contribution >= 0.6 is 0 Å². The Morgan fingerprint density at radius 2 is 2.32 bits per heavy atom. The molecule has 0 radical (unpaired) electrons. The van der Waals surface area contributed by atoms with E-state index in [2.05, 4.69) is 20.3 Å². The number of nitrogens with one attached hydrogen (secondary N) is 1. The Labute approximate surface area is 109 Å². The standard InChI is InChI=1S/C11H15N5O3/c1-12-10-9-11(14-4-13-10)16(5-15-9)8-2-6(18)7(3-17)19-8/h4-8,17-18H,2-3H2,1H3,(H,12,13,14)/t6-,7?,8-/m1/s1. The number of aliphatic hydroxyl groups is 2. The number of anilines is 1. The second-order valence-corrected chi connectivity index (χ2v) is 4.41. The molecule has 19 heavy (non-hydrogen) atoms. The molecule has 8 heteroatoms. The van der Waals surface area contributed by atoms with E-state index in [1.807, 2.05) is 0 Å². The second-order valence-electron chi connectivity index (χ2n) is 4.41. The summed E-state index contributed by atoms with van der Waals surface area (Å²) >= 11 is 0. The van der Waals surface area contributed by atoms with Crippen molar-refractivity contribution in [3.8, 4) is 0 Å². The van der Waals surface area contributed by atoms with Gasteiger partial charge in [-0.05, 0) is 0 Å². The lowest BCUT2D eigenvalue weighted by molar-refractivity contribution is -0.0432. The van der Waals surface area contributed by atoms with Gasteiger partial charge in [0, 0.05) is 13.5 Å². The maximum Gasteiger partial charge on any atom is 0.167 e. The zero-order valence-corrected chi connectivity index (χ0v) is 10.4. The largest absolute Gasteiger partial charge is 0.394 e. The lowest BCUT2D eigenvalue weighted by Crippen LogP contribution is -2.24. The van der Waals surface area contributed by atoms with Gasteiger partial charge in [0.1, 0.15) is 24.2 Å². The second kappa shape index (κ2) is 4.72. The first kappa shape index (κ1) is 12.3. The van der Waals surface area contributed by atoms with Crippen LogP contribution in [0.5, 0.6) is 0 Å². The highest BCUT2D eigenvalue weighted by molar-refractivity contribution is 5.82. The molecule has 1 saturated heterocycles. The fourth-order valence-electron chi connectivity index (χ4n) is 2.30. The average Bonchev–Trinajstić information content (AvgIpc) is 3.01. The summed E-state index contributed by atoms with van der Waals surface area (Å²) in [5, 5.41) is 21.8. The van der Waals surface area contributed by atoms with Crippen LogP contribution in [0.1, 0.15) is 12.6 Å². The fourth-order valence-corrected chi connectivity index (χ4v) is 2.30. The summed E-state index contributed by atoms with van der Waals surface area (Å²) in [4.78, 5) is 12.5. The van der Waals surface area contributed by atoms with Crippen molar-refractivity contribution in [1.82, 2.24) is 19.5 Å². The number of ether oxygens (including phenoxy) is 1. The Kier molecular flexibility index (Phi) is 3.05. The molecule has 3 atom stereocenters. The Bertz CT molecular complexity index is 587. The molecule has 0 saturated carbocycles. The molecule has 0 bridgehead atoms. The molecule has 3 rings (SSSR count). The first-order chi connectivity index (χ1) is 9.24. The van der Waals surface area contributed by atoms with Gasteiger partial charge in [-0.3, -0.25) is 4.57 Å². The predicted molar refractivity (Wildman–Crippen MR) is 66.5 cm³/mol. The number of hydrogen-bond acceptors (Lipinski definition) is 7. The summed E-state index contributed by atoms with van der Waals surface area (Å²) in [7, 11) is 1.76. The van der Waals surface area contributed by atoms with Crippen LogP contribution in [0.4, 0.5) is 5.82 Å². The first-order valence-electron chi connectivity index (χ1n) is 6.04. The minimum atomic E-state index is -0.682. The van der Waals surface area contributed by atoms with Crippen LogP contribution in [0.25, 0.3) is 11.2 Å². The molecule has 1 fully saturated rings. The highest BCUT2D eigenvalue weighted by atomic mass is 16.5. The Hall–Kier alpha value is -1.77. The van der Waals surface area contributed by atoms with E-state index in [4.69, 9.17) is 9.84 Å². The minimum Gasteiger partial charge on any atom is -0.394 e. The molecule has 0 spiro atoms. The average molecular weight is 265 g/mol. The first-order valence-corrected chi connectivity index (χ1v) is 6.04. The van der Waals surface area contributed by atoms with Crippen LogP contribution in [0.3, 0.4) is 0 Å². The molecule has 0 aromatic carbocycles. The molecule has 3 heterocycles. The summed E-state index contributed by atoms with van der Waals surface area (Å²) in [6.45, 7) is -0.207. The molecule has 3 N–H and O–H groups in total. The van der Waals surface area contributed by atoms with E-state index in [-0.39, 0.29) is 12.8 Å². The van der Waals surface area contributed by atoms with Crippen LogP contribution in [0.2, 0.25) is 0 Å². The molecule has 0 amide bonds. The van der Waals surface area contributed by atoms with Gasteiger partial charge in [0.2, 0.25) is 0 Å².